The third kappa shape index (κ3) is 3.19. The monoisotopic (exact) mass is 301 g/mol. The zero-order chi connectivity index (χ0) is 12.3. The third-order valence-corrected chi connectivity index (χ3v) is 3.72. The quantitative estimate of drug-likeness (QED) is 0.899. The van der Waals surface area contributed by atoms with Gasteiger partial charge in [-0.3, -0.25) is 0 Å². The zero-order valence-corrected chi connectivity index (χ0v) is 11.5. The summed E-state index contributed by atoms with van der Waals surface area (Å²) in [5.41, 5.74) is -0.0871. The summed E-state index contributed by atoms with van der Waals surface area (Å²) in [7, 11) is 1.94. The highest BCUT2D eigenvalue weighted by atomic mass is 79.9. The van der Waals surface area contributed by atoms with Gasteiger partial charge in [0.25, 0.3) is 0 Å². The van der Waals surface area contributed by atoms with Crippen LogP contribution in [0.2, 0.25) is 0 Å². The lowest BCUT2D eigenvalue weighted by atomic mass is 9.77. The first-order chi connectivity index (χ1) is 8.13. The molecule has 0 aliphatic heterocycles. The van der Waals surface area contributed by atoms with Crippen molar-refractivity contribution in [3.63, 3.8) is 0 Å². The van der Waals surface area contributed by atoms with Crippen molar-refractivity contribution in [3.8, 4) is 5.75 Å². The first kappa shape index (κ1) is 12.8. The first-order valence-electron chi connectivity index (χ1n) is 5.93. The number of rotatable bonds is 5. The largest absolute Gasteiger partial charge is 0.487 e. The molecule has 1 N–H and O–H groups in total. The van der Waals surface area contributed by atoms with Crippen LogP contribution in [-0.2, 0) is 0 Å². The molecule has 1 saturated carbocycles. The van der Waals surface area contributed by atoms with Crippen molar-refractivity contribution < 1.29 is 9.13 Å². The Kier molecular flexibility index (Phi) is 4.05. The first-order valence-corrected chi connectivity index (χ1v) is 6.73. The van der Waals surface area contributed by atoms with Gasteiger partial charge in [-0.05, 0) is 51.4 Å². The second kappa shape index (κ2) is 5.36. The van der Waals surface area contributed by atoms with Gasteiger partial charge in [0.1, 0.15) is 17.2 Å². The molecular formula is C13H17BrFNO. The van der Waals surface area contributed by atoms with Gasteiger partial charge < -0.3 is 10.1 Å². The number of benzene rings is 1. The molecule has 1 aliphatic carbocycles. The molecule has 1 aromatic rings. The minimum absolute atomic E-state index is 0.0871. The maximum Gasteiger partial charge on any atom is 0.128 e. The molecule has 0 spiro atoms. The molecule has 4 heteroatoms. The predicted octanol–water partition coefficient (Wildman–Crippen LogP) is 3.50. The zero-order valence-electron chi connectivity index (χ0n) is 9.93. The highest BCUT2D eigenvalue weighted by Crippen LogP contribution is 2.39. The van der Waals surface area contributed by atoms with Crippen LogP contribution in [0.5, 0.6) is 5.75 Å². The fourth-order valence-electron chi connectivity index (χ4n) is 2.16. The molecular weight excluding hydrogens is 285 g/mol. The Bertz CT molecular complexity index is 373. The van der Waals surface area contributed by atoms with Crippen LogP contribution >= 0.6 is 15.9 Å². The van der Waals surface area contributed by atoms with Gasteiger partial charge >= 0.3 is 0 Å². The van der Waals surface area contributed by atoms with Crippen LogP contribution < -0.4 is 10.1 Å². The molecule has 0 unspecified atom stereocenters. The molecule has 1 aliphatic rings. The van der Waals surface area contributed by atoms with E-state index in [-0.39, 0.29) is 11.4 Å². The average molecular weight is 302 g/mol. The van der Waals surface area contributed by atoms with Gasteiger partial charge in [-0.25, -0.2) is 4.39 Å². The highest BCUT2D eigenvalue weighted by Gasteiger charge is 2.38. The third-order valence-electron chi connectivity index (χ3n) is 3.27. The Morgan fingerprint density at radius 1 is 1.41 bits per heavy atom. The fraction of sp³-hybridized carbons (Fsp3) is 0.538. The van der Waals surface area contributed by atoms with Crippen molar-refractivity contribution in [2.24, 2.45) is 0 Å². The Morgan fingerprint density at radius 2 is 2.18 bits per heavy atom. The fourth-order valence-corrected chi connectivity index (χ4v) is 2.61. The van der Waals surface area contributed by atoms with Crippen molar-refractivity contribution in [3.05, 3.63) is 28.5 Å². The SMILES string of the molecule is CNCCC1(Oc2cc(F)cc(Br)c2)CCC1. The van der Waals surface area contributed by atoms with Crippen molar-refractivity contribution in [2.45, 2.75) is 31.3 Å². The Labute approximate surface area is 110 Å². The van der Waals surface area contributed by atoms with Crippen LogP contribution in [0, 0.1) is 5.82 Å². The Morgan fingerprint density at radius 3 is 2.71 bits per heavy atom. The molecule has 0 saturated heterocycles. The minimum atomic E-state index is -0.266. The van der Waals surface area contributed by atoms with E-state index in [0.717, 1.165) is 30.3 Å². The van der Waals surface area contributed by atoms with Gasteiger partial charge in [0.15, 0.2) is 0 Å². The summed E-state index contributed by atoms with van der Waals surface area (Å²) in [5, 5.41) is 3.14. The molecule has 0 atom stereocenters. The standard InChI is InChI=1S/C13H17BrFNO/c1-16-6-5-13(3-2-4-13)17-12-8-10(14)7-11(15)9-12/h7-9,16H,2-6H2,1H3. The lowest BCUT2D eigenvalue weighted by molar-refractivity contribution is -0.0141. The molecule has 2 nitrogen and oxygen atoms in total. The summed E-state index contributed by atoms with van der Waals surface area (Å²) in [6, 6.07) is 4.71. The molecule has 1 fully saturated rings. The van der Waals surface area contributed by atoms with Gasteiger partial charge in [0.05, 0.1) is 0 Å². The van der Waals surface area contributed by atoms with Gasteiger partial charge in [-0.15, -0.1) is 0 Å². The Hall–Kier alpha value is -0.610. The normalized spacial score (nSPS) is 17.6. The molecule has 0 radical (unpaired) electrons. The van der Waals surface area contributed by atoms with E-state index < -0.39 is 0 Å². The van der Waals surface area contributed by atoms with Crippen molar-refractivity contribution >= 4 is 15.9 Å². The maximum absolute atomic E-state index is 13.3. The molecule has 0 aromatic heterocycles. The lowest BCUT2D eigenvalue weighted by Gasteiger charge is -2.42. The van der Waals surface area contributed by atoms with E-state index >= 15 is 0 Å². The summed E-state index contributed by atoms with van der Waals surface area (Å²) in [4.78, 5) is 0. The number of hydrogen-bond acceptors (Lipinski definition) is 2. The van der Waals surface area contributed by atoms with E-state index in [2.05, 4.69) is 21.2 Å². The number of hydrogen-bond donors (Lipinski definition) is 1. The summed E-state index contributed by atoms with van der Waals surface area (Å²) in [5.74, 6) is 0.352. The van der Waals surface area contributed by atoms with E-state index in [0.29, 0.717) is 5.75 Å². The number of nitrogens with one attached hydrogen (secondary N) is 1. The van der Waals surface area contributed by atoms with Crippen LogP contribution in [0.1, 0.15) is 25.7 Å². The molecule has 17 heavy (non-hydrogen) atoms. The van der Waals surface area contributed by atoms with Gasteiger partial charge in [-0.2, -0.15) is 0 Å². The maximum atomic E-state index is 13.3. The molecule has 0 amide bonds. The predicted molar refractivity (Wildman–Crippen MR) is 69.9 cm³/mol. The molecule has 94 valence electrons. The van der Waals surface area contributed by atoms with E-state index in [9.17, 15) is 4.39 Å². The Balaban J connectivity index is 2.07. The molecule has 0 bridgehead atoms. The van der Waals surface area contributed by atoms with Gasteiger partial charge in [0.2, 0.25) is 0 Å². The topological polar surface area (TPSA) is 21.3 Å². The van der Waals surface area contributed by atoms with Gasteiger partial charge in [-0.1, -0.05) is 15.9 Å². The smallest absolute Gasteiger partial charge is 0.128 e. The minimum Gasteiger partial charge on any atom is -0.487 e. The van der Waals surface area contributed by atoms with Crippen LogP contribution in [0.4, 0.5) is 4.39 Å². The average Bonchev–Trinajstić information content (AvgIpc) is 2.20. The number of halogens is 2. The second-order valence-corrected chi connectivity index (χ2v) is 5.51. The summed E-state index contributed by atoms with van der Waals surface area (Å²) in [6.45, 7) is 0.927. The van der Waals surface area contributed by atoms with Crippen molar-refractivity contribution in [2.75, 3.05) is 13.6 Å². The lowest BCUT2D eigenvalue weighted by Crippen LogP contribution is -2.45. The van der Waals surface area contributed by atoms with E-state index in [1.807, 2.05) is 13.1 Å². The van der Waals surface area contributed by atoms with Crippen LogP contribution in [0.3, 0.4) is 0 Å². The summed E-state index contributed by atoms with van der Waals surface area (Å²) < 4.78 is 20.0. The molecule has 1 aromatic carbocycles. The van der Waals surface area contributed by atoms with E-state index in [4.69, 9.17) is 4.74 Å². The number of ether oxygens (including phenoxy) is 1. The molecule has 0 heterocycles. The van der Waals surface area contributed by atoms with E-state index in [1.54, 1.807) is 0 Å². The summed E-state index contributed by atoms with van der Waals surface area (Å²) >= 11 is 3.28. The van der Waals surface area contributed by atoms with Crippen LogP contribution in [0.25, 0.3) is 0 Å². The van der Waals surface area contributed by atoms with Crippen molar-refractivity contribution in [1.82, 2.24) is 5.32 Å². The van der Waals surface area contributed by atoms with Crippen LogP contribution in [0.15, 0.2) is 22.7 Å². The second-order valence-electron chi connectivity index (χ2n) is 4.60. The summed E-state index contributed by atoms with van der Waals surface area (Å²) in [6.07, 6.45) is 4.28. The van der Waals surface area contributed by atoms with E-state index in [1.165, 1.54) is 18.6 Å². The van der Waals surface area contributed by atoms with Gasteiger partial charge in [0, 0.05) is 10.5 Å². The van der Waals surface area contributed by atoms with Crippen molar-refractivity contribution in [1.29, 1.82) is 0 Å². The molecule has 2 rings (SSSR count). The highest BCUT2D eigenvalue weighted by molar-refractivity contribution is 9.10. The van der Waals surface area contributed by atoms with Crippen LogP contribution in [-0.4, -0.2) is 19.2 Å².